The van der Waals surface area contributed by atoms with Gasteiger partial charge in [-0.3, -0.25) is 9.59 Å². The molecule has 6 heteroatoms. The Labute approximate surface area is 145 Å². The van der Waals surface area contributed by atoms with Crippen LogP contribution in [0, 0.1) is 6.92 Å². The summed E-state index contributed by atoms with van der Waals surface area (Å²) >= 11 is 6.02. The zero-order valence-electron chi connectivity index (χ0n) is 13.5. The van der Waals surface area contributed by atoms with E-state index in [9.17, 15) is 9.59 Å². The van der Waals surface area contributed by atoms with Gasteiger partial charge in [-0.2, -0.15) is 0 Å². The van der Waals surface area contributed by atoms with Crippen LogP contribution in [0.5, 0.6) is 5.75 Å². The number of rotatable bonds is 6. The number of hydrogen-bond acceptors (Lipinski definition) is 4. The summed E-state index contributed by atoms with van der Waals surface area (Å²) in [6.45, 7) is 1.45. The maximum atomic E-state index is 12.0. The van der Waals surface area contributed by atoms with Crippen molar-refractivity contribution in [3.8, 4) is 5.75 Å². The highest BCUT2D eigenvalue weighted by Gasteiger charge is 2.12. The van der Waals surface area contributed by atoms with Gasteiger partial charge in [0.2, 0.25) is 0 Å². The molecule has 24 heavy (non-hydrogen) atoms. The van der Waals surface area contributed by atoms with Crippen molar-refractivity contribution in [3.05, 3.63) is 58.6 Å². The summed E-state index contributed by atoms with van der Waals surface area (Å²) in [6, 6.07) is 12.5. The topological polar surface area (TPSA) is 64.6 Å². The van der Waals surface area contributed by atoms with Crippen LogP contribution in [-0.4, -0.2) is 25.6 Å². The molecule has 0 unspecified atom stereocenters. The van der Waals surface area contributed by atoms with Gasteiger partial charge in [-0.25, -0.2) is 0 Å². The van der Waals surface area contributed by atoms with Gasteiger partial charge in [0.1, 0.15) is 5.75 Å². The summed E-state index contributed by atoms with van der Waals surface area (Å²) in [5.41, 5.74) is 2.11. The van der Waals surface area contributed by atoms with Crippen molar-refractivity contribution in [1.82, 2.24) is 0 Å². The molecule has 0 saturated carbocycles. The number of halogens is 1. The molecule has 2 aromatic rings. The third-order valence-electron chi connectivity index (χ3n) is 3.31. The molecule has 2 aromatic carbocycles. The molecule has 1 amide bonds. The number of benzene rings is 2. The zero-order chi connectivity index (χ0) is 17.5. The molecule has 0 aliphatic heterocycles. The lowest BCUT2D eigenvalue weighted by atomic mass is 10.2. The number of anilines is 1. The van der Waals surface area contributed by atoms with E-state index in [1.54, 1.807) is 12.1 Å². The van der Waals surface area contributed by atoms with Crippen molar-refractivity contribution < 1.29 is 19.1 Å². The van der Waals surface area contributed by atoms with E-state index < -0.39 is 11.9 Å². The molecular formula is C18H18ClNO4. The Kier molecular flexibility index (Phi) is 6.21. The SMILES string of the molecule is COc1cc(Cl)c(C)cc1NC(=O)COC(=O)Cc1ccccc1. The van der Waals surface area contributed by atoms with Crippen LogP contribution >= 0.6 is 11.6 Å². The normalized spacial score (nSPS) is 10.1. The Morgan fingerprint density at radius 3 is 2.54 bits per heavy atom. The zero-order valence-corrected chi connectivity index (χ0v) is 14.2. The van der Waals surface area contributed by atoms with Crippen LogP contribution in [0.15, 0.2) is 42.5 Å². The van der Waals surface area contributed by atoms with E-state index in [0.717, 1.165) is 11.1 Å². The smallest absolute Gasteiger partial charge is 0.310 e. The van der Waals surface area contributed by atoms with Crippen molar-refractivity contribution >= 4 is 29.2 Å². The molecule has 0 bridgehead atoms. The number of ether oxygens (including phenoxy) is 2. The summed E-state index contributed by atoms with van der Waals surface area (Å²) in [5, 5.41) is 3.19. The average Bonchev–Trinajstić information content (AvgIpc) is 2.57. The minimum absolute atomic E-state index is 0.123. The summed E-state index contributed by atoms with van der Waals surface area (Å²) in [4.78, 5) is 23.7. The molecule has 1 N–H and O–H groups in total. The molecule has 0 atom stereocenters. The van der Waals surface area contributed by atoms with E-state index in [0.29, 0.717) is 16.5 Å². The van der Waals surface area contributed by atoms with Gasteiger partial charge in [-0.15, -0.1) is 0 Å². The van der Waals surface area contributed by atoms with Gasteiger partial charge < -0.3 is 14.8 Å². The molecule has 0 fully saturated rings. The lowest BCUT2D eigenvalue weighted by Gasteiger charge is -2.12. The molecule has 0 spiro atoms. The van der Waals surface area contributed by atoms with Crippen LogP contribution in [0.2, 0.25) is 5.02 Å². The number of hydrogen-bond donors (Lipinski definition) is 1. The van der Waals surface area contributed by atoms with Crippen molar-refractivity contribution in [2.75, 3.05) is 19.0 Å². The van der Waals surface area contributed by atoms with Crippen LogP contribution in [-0.2, 0) is 20.7 Å². The second-order valence-electron chi connectivity index (χ2n) is 5.17. The monoisotopic (exact) mass is 347 g/mol. The van der Waals surface area contributed by atoms with Crippen LogP contribution < -0.4 is 10.1 Å². The second kappa shape index (κ2) is 8.36. The van der Waals surface area contributed by atoms with Gasteiger partial charge in [0, 0.05) is 11.1 Å². The number of methoxy groups -OCH3 is 1. The number of nitrogens with one attached hydrogen (secondary N) is 1. The average molecular weight is 348 g/mol. The molecule has 5 nitrogen and oxygen atoms in total. The van der Waals surface area contributed by atoms with Gasteiger partial charge in [-0.1, -0.05) is 41.9 Å². The third-order valence-corrected chi connectivity index (χ3v) is 3.72. The fourth-order valence-electron chi connectivity index (χ4n) is 2.08. The van der Waals surface area contributed by atoms with Crippen LogP contribution in [0.4, 0.5) is 5.69 Å². The van der Waals surface area contributed by atoms with Crippen LogP contribution in [0.1, 0.15) is 11.1 Å². The number of carbonyl (C=O) groups is 2. The third kappa shape index (κ3) is 4.99. The minimum Gasteiger partial charge on any atom is -0.495 e. The molecular weight excluding hydrogens is 330 g/mol. The quantitative estimate of drug-likeness (QED) is 0.813. The molecule has 0 radical (unpaired) electrons. The predicted molar refractivity (Wildman–Crippen MR) is 92.5 cm³/mol. The summed E-state index contributed by atoms with van der Waals surface area (Å²) < 4.78 is 10.2. The Balaban J connectivity index is 1.89. The number of aryl methyl sites for hydroxylation is 1. The Hall–Kier alpha value is -2.53. The largest absolute Gasteiger partial charge is 0.495 e. The standard InChI is InChI=1S/C18H18ClNO4/c1-12-8-15(16(23-2)10-14(12)19)20-17(21)11-24-18(22)9-13-6-4-3-5-7-13/h3-8,10H,9,11H2,1-2H3,(H,20,21). The number of esters is 1. The van der Waals surface area contributed by atoms with E-state index >= 15 is 0 Å². The highest BCUT2D eigenvalue weighted by atomic mass is 35.5. The first-order valence-electron chi connectivity index (χ1n) is 7.33. The maximum absolute atomic E-state index is 12.0. The first kappa shape index (κ1) is 17.8. The van der Waals surface area contributed by atoms with E-state index in [1.807, 2.05) is 37.3 Å². The lowest BCUT2D eigenvalue weighted by molar-refractivity contribution is -0.146. The summed E-state index contributed by atoms with van der Waals surface area (Å²) in [5.74, 6) is -0.471. The summed E-state index contributed by atoms with van der Waals surface area (Å²) in [6.07, 6.45) is 0.123. The Bertz CT molecular complexity index is 731. The van der Waals surface area contributed by atoms with Gasteiger partial charge in [-0.05, 0) is 24.1 Å². The molecule has 2 rings (SSSR count). The minimum atomic E-state index is -0.462. The van der Waals surface area contributed by atoms with Gasteiger partial charge in [0.05, 0.1) is 19.2 Å². The molecule has 0 aromatic heterocycles. The number of carbonyl (C=O) groups excluding carboxylic acids is 2. The highest BCUT2D eigenvalue weighted by molar-refractivity contribution is 6.31. The molecule has 0 heterocycles. The fourth-order valence-corrected chi connectivity index (χ4v) is 2.23. The second-order valence-corrected chi connectivity index (χ2v) is 5.58. The molecule has 0 saturated heterocycles. The van der Waals surface area contributed by atoms with Gasteiger partial charge >= 0.3 is 5.97 Å². The summed E-state index contributed by atoms with van der Waals surface area (Å²) in [7, 11) is 1.48. The Morgan fingerprint density at radius 2 is 1.88 bits per heavy atom. The van der Waals surface area contributed by atoms with E-state index in [2.05, 4.69) is 5.32 Å². The van der Waals surface area contributed by atoms with Crippen LogP contribution in [0.3, 0.4) is 0 Å². The van der Waals surface area contributed by atoms with Gasteiger partial charge in [0.25, 0.3) is 5.91 Å². The molecule has 0 aliphatic carbocycles. The van der Waals surface area contributed by atoms with E-state index in [4.69, 9.17) is 21.1 Å². The van der Waals surface area contributed by atoms with Gasteiger partial charge in [0.15, 0.2) is 6.61 Å². The van der Waals surface area contributed by atoms with Crippen molar-refractivity contribution in [2.24, 2.45) is 0 Å². The molecule has 126 valence electrons. The maximum Gasteiger partial charge on any atom is 0.310 e. The molecule has 0 aliphatic rings. The lowest BCUT2D eigenvalue weighted by Crippen LogP contribution is -2.22. The van der Waals surface area contributed by atoms with Crippen molar-refractivity contribution in [1.29, 1.82) is 0 Å². The first-order chi connectivity index (χ1) is 11.5. The van der Waals surface area contributed by atoms with E-state index in [1.165, 1.54) is 7.11 Å². The predicted octanol–water partition coefficient (Wildman–Crippen LogP) is 3.38. The van der Waals surface area contributed by atoms with E-state index in [-0.39, 0.29) is 13.0 Å². The van der Waals surface area contributed by atoms with Crippen LogP contribution in [0.25, 0.3) is 0 Å². The number of amides is 1. The first-order valence-corrected chi connectivity index (χ1v) is 7.71. The van der Waals surface area contributed by atoms with Crippen molar-refractivity contribution in [2.45, 2.75) is 13.3 Å². The highest BCUT2D eigenvalue weighted by Crippen LogP contribution is 2.30. The Morgan fingerprint density at radius 1 is 1.17 bits per heavy atom. The van der Waals surface area contributed by atoms with Crippen molar-refractivity contribution in [3.63, 3.8) is 0 Å². The fraction of sp³-hybridized carbons (Fsp3) is 0.222.